The highest BCUT2D eigenvalue weighted by atomic mass is 16.7. The van der Waals surface area contributed by atoms with Gasteiger partial charge in [-0.1, -0.05) is 42.8 Å². The molecule has 0 aliphatic heterocycles. The summed E-state index contributed by atoms with van der Waals surface area (Å²) in [4.78, 5) is 33.6. The fourth-order valence-electron chi connectivity index (χ4n) is 8.86. The van der Waals surface area contributed by atoms with E-state index in [0.29, 0.717) is 29.2 Å². The predicted octanol–water partition coefficient (Wildman–Crippen LogP) is 6.23. The highest BCUT2D eigenvalue weighted by Gasteiger charge is 2.59. The summed E-state index contributed by atoms with van der Waals surface area (Å²) in [6.07, 6.45) is 10.9. The average molecular weight is 502 g/mol. The molecular formula is C31H39N3O3. The van der Waals surface area contributed by atoms with E-state index in [1.165, 1.54) is 24.8 Å². The zero-order valence-corrected chi connectivity index (χ0v) is 22.3. The molecule has 4 aliphatic carbocycles. The summed E-state index contributed by atoms with van der Waals surface area (Å²) in [7, 11) is 0. The molecular weight excluding hydrogens is 462 g/mol. The van der Waals surface area contributed by atoms with Crippen LogP contribution in [0.3, 0.4) is 0 Å². The van der Waals surface area contributed by atoms with Gasteiger partial charge >= 0.3 is 5.97 Å². The first-order valence-electron chi connectivity index (χ1n) is 14.0. The Labute approximate surface area is 219 Å². The minimum absolute atomic E-state index is 0.169. The number of hydrogen-bond donors (Lipinski definition) is 2. The molecule has 3 N–H and O–H groups in total. The van der Waals surface area contributed by atoms with E-state index in [4.69, 9.17) is 10.6 Å². The van der Waals surface area contributed by atoms with Crippen molar-refractivity contribution >= 4 is 28.4 Å². The Balaban J connectivity index is 1.16. The zero-order chi connectivity index (χ0) is 25.9. The SMILES string of the molecule is CC(=O)C1CCC2C3CCC4=CC(=NOC(=O)C(N)c5cc6ccccc6[nH]5)CCC4(C)C3CCC12C. The number of carbonyl (C=O) groups excluding carboxylic acids is 2. The Morgan fingerprint density at radius 2 is 1.89 bits per heavy atom. The summed E-state index contributed by atoms with van der Waals surface area (Å²) >= 11 is 0. The largest absolute Gasteiger partial charge is 0.357 e. The molecule has 3 saturated carbocycles. The molecule has 196 valence electrons. The number of benzene rings is 1. The molecule has 1 aromatic carbocycles. The number of ketones is 1. The molecule has 1 aromatic heterocycles. The van der Waals surface area contributed by atoms with Gasteiger partial charge in [0.1, 0.15) is 11.8 Å². The van der Waals surface area contributed by atoms with Gasteiger partial charge in [-0.3, -0.25) is 4.79 Å². The lowest BCUT2D eigenvalue weighted by Crippen LogP contribution is -2.51. The summed E-state index contributed by atoms with van der Waals surface area (Å²) in [6.45, 7) is 6.65. The van der Waals surface area contributed by atoms with Crippen molar-refractivity contribution < 1.29 is 14.4 Å². The van der Waals surface area contributed by atoms with Crippen molar-refractivity contribution in [3.05, 3.63) is 47.7 Å². The molecule has 0 radical (unpaired) electrons. The van der Waals surface area contributed by atoms with Crippen molar-refractivity contribution in [2.75, 3.05) is 0 Å². The molecule has 0 amide bonds. The third-order valence-electron chi connectivity index (χ3n) is 10.9. The maximum Gasteiger partial charge on any atom is 0.357 e. The topological polar surface area (TPSA) is 97.5 Å². The standard InChI is InChI=1S/C31H39N3O3/c1-18(35)23-10-11-24-22-9-8-20-17-21(12-14-30(20,2)25(22)13-15-31(23,24)3)34-37-29(36)28(32)27-16-19-6-4-5-7-26(19)33-27/h4-7,16-17,22-25,28,33H,8-15,32H2,1-3H3. The second-order valence-electron chi connectivity index (χ2n) is 12.6. The second-order valence-corrected chi connectivity index (χ2v) is 12.6. The third kappa shape index (κ3) is 3.91. The maximum absolute atomic E-state index is 12.7. The van der Waals surface area contributed by atoms with Gasteiger partial charge in [0.15, 0.2) is 0 Å². The van der Waals surface area contributed by atoms with Crippen LogP contribution in [0, 0.1) is 34.5 Å². The number of carbonyl (C=O) groups is 2. The first-order valence-corrected chi connectivity index (χ1v) is 14.0. The molecule has 6 heteroatoms. The Hall–Kier alpha value is -2.73. The number of hydrogen-bond acceptors (Lipinski definition) is 5. The average Bonchev–Trinajstić information content (AvgIpc) is 3.47. The molecule has 0 spiro atoms. The Morgan fingerprint density at radius 3 is 2.68 bits per heavy atom. The third-order valence-corrected chi connectivity index (χ3v) is 10.9. The number of Topliss-reactive ketones (excluding diaryl/α,β-unsaturated/α-hetero) is 1. The number of nitrogens with two attached hydrogens (primary N) is 1. The van der Waals surface area contributed by atoms with E-state index in [0.717, 1.165) is 48.7 Å². The number of nitrogens with one attached hydrogen (secondary N) is 1. The minimum atomic E-state index is -0.907. The van der Waals surface area contributed by atoms with Crippen LogP contribution in [0.15, 0.2) is 47.1 Å². The molecule has 1 heterocycles. The first-order chi connectivity index (χ1) is 17.7. The van der Waals surface area contributed by atoms with Gasteiger partial charge in [-0.05, 0) is 110 Å². The van der Waals surface area contributed by atoms with Crippen LogP contribution in [0.2, 0.25) is 0 Å². The number of aromatic nitrogens is 1. The second kappa shape index (κ2) is 8.93. The number of para-hydroxylation sites is 1. The van der Waals surface area contributed by atoms with Crippen LogP contribution < -0.4 is 5.73 Å². The summed E-state index contributed by atoms with van der Waals surface area (Å²) in [5, 5.41) is 5.27. The molecule has 0 saturated heterocycles. The van der Waals surface area contributed by atoms with Crippen molar-refractivity contribution in [3.63, 3.8) is 0 Å². The van der Waals surface area contributed by atoms with Crippen molar-refractivity contribution in [2.45, 2.75) is 78.2 Å². The van der Waals surface area contributed by atoms with Gasteiger partial charge in [0, 0.05) is 17.1 Å². The summed E-state index contributed by atoms with van der Waals surface area (Å²) in [5.41, 5.74) is 10.4. The Morgan fingerprint density at radius 1 is 1.08 bits per heavy atom. The van der Waals surface area contributed by atoms with Gasteiger partial charge in [0.2, 0.25) is 0 Å². The van der Waals surface area contributed by atoms with Crippen LogP contribution in [-0.2, 0) is 14.4 Å². The van der Waals surface area contributed by atoms with Gasteiger partial charge in [0.25, 0.3) is 0 Å². The number of fused-ring (bicyclic) bond motifs is 6. The number of oxime groups is 1. The molecule has 0 bridgehead atoms. The molecule has 7 unspecified atom stereocenters. The van der Waals surface area contributed by atoms with Crippen molar-refractivity contribution in [1.29, 1.82) is 0 Å². The van der Waals surface area contributed by atoms with E-state index in [-0.39, 0.29) is 16.7 Å². The summed E-state index contributed by atoms with van der Waals surface area (Å²) in [5.74, 6) is 2.12. The molecule has 7 atom stereocenters. The molecule has 4 aliphatic rings. The zero-order valence-electron chi connectivity index (χ0n) is 22.3. The maximum atomic E-state index is 12.7. The fourth-order valence-corrected chi connectivity index (χ4v) is 8.86. The highest BCUT2D eigenvalue weighted by molar-refractivity contribution is 5.97. The number of rotatable bonds is 4. The van der Waals surface area contributed by atoms with Crippen molar-refractivity contribution in [3.8, 4) is 0 Å². The molecule has 6 rings (SSSR count). The van der Waals surface area contributed by atoms with Crippen molar-refractivity contribution in [2.24, 2.45) is 45.4 Å². The van der Waals surface area contributed by atoms with E-state index in [2.05, 4.69) is 30.1 Å². The summed E-state index contributed by atoms with van der Waals surface area (Å²) in [6, 6.07) is 8.82. The van der Waals surface area contributed by atoms with E-state index in [1.807, 2.05) is 30.3 Å². The van der Waals surface area contributed by atoms with Crippen LogP contribution in [0.4, 0.5) is 0 Å². The minimum Gasteiger partial charge on any atom is -0.357 e. The predicted molar refractivity (Wildman–Crippen MR) is 145 cm³/mol. The van der Waals surface area contributed by atoms with Crippen LogP contribution in [0.1, 0.15) is 83.9 Å². The lowest BCUT2D eigenvalue weighted by atomic mass is 9.46. The van der Waals surface area contributed by atoms with Crippen LogP contribution in [-0.4, -0.2) is 22.4 Å². The van der Waals surface area contributed by atoms with Crippen molar-refractivity contribution in [1.82, 2.24) is 4.98 Å². The van der Waals surface area contributed by atoms with Crippen LogP contribution in [0.5, 0.6) is 0 Å². The van der Waals surface area contributed by atoms with Crippen LogP contribution in [0.25, 0.3) is 10.9 Å². The lowest BCUT2D eigenvalue weighted by molar-refractivity contribution is -0.145. The van der Waals surface area contributed by atoms with Gasteiger partial charge < -0.3 is 15.6 Å². The van der Waals surface area contributed by atoms with Gasteiger partial charge in [-0.15, -0.1) is 0 Å². The van der Waals surface area contributed by atoms with E-state index < -0.39 is 12.0 Å². The van der Waals surface area contributed by atoms with Gasteiger partial charge in [0.05, 0.1) is 5.71 Å². The molecule has 3 fully saturated rings. The quantitative estimate of drug-likeness (QED) is 0.383. The number of nitrogens with zero attached hydrogens (tertiary/aromatic N) is 1. The van der Waals surface area contributed by atoms with E-state index >= 15 is 0 Å². The molecule has 6 nitrogen and oxygen atoms in total. The van der Waals surface area contributed by atoms with Crippen LogP contribution >= 0.6 is 0 Å². The smallest absolute Gasteiger partial charge is 0.357 e. The highest BCUT2D eigenvalue weighted by Crippen LogP contribution is 2.66. The number of aromatic amines is 1. The fraction of sp³-hybridized carbons (Fsp3) is 0.581. The number of H-pyrrole nitrogens is 1. The van der Waals surface area contributed by atoms with E-state index in [9.17, 15) is 9.59 Å². The normalized spacial score (nSPS) is 36.9. The van der Waals surface area contributed by atoms with Gasteiger partial charge in [-0.2, -0.15) is 0 Å². The van der Waals surface area contributed by atoms with Gasteiger partial charge in [-0.25, -0.2) is 4.79 Å². The molecule has 37 heavy (non-hydrogen) atoms. The number of allylic oxidation sites excluding steroid dienone is 2. The van der Waals surface area contributed by atoms with E-state index in [1.54, 1.807) is 6.92 Å². The lowest BCUT2D eigenvalue weighted by Gasteiger charge is -2.58. The Kier molecular flexibility index (Phi) is 5.94. The monoisotopic (exact) mass is 501 g/mol. The first kappa shape index (κ1) is 24.6. The Bertz CT molecular complexity index is 1270. The molecule has 2 aromatic rings. The summed E-state index contributed by atoms with van der Waals surface area (Å²) < 4.78 is 0.